The van der Waals surface area contributed by atoms with Crippen molar-refractivity contribution in [3.63, 3.8) is 0 Å². The first-order valence-electron chi connectivity index (χ1n) is 9.63. The first-order valence-corrected chi connectivity index (χ1v) is 10.4. The van der Waals surface area contributed by atoms with Crippen LogP contribution < -0.4 is 0 Å². The molecule has 3 heterocycles. The Hall–Kier alpha value is -1.41. The van der Waals surface area contributed by atoms with Gasteiger partial charge < -0.3 is 14.4 Å². The molecular weight excluding hydrogens is 414 g/mol. The fourth-order valence-corrected chi connectivity index (χ4v) is 3.98. The van der Waals surface area contributed by atoms with Gasteiger partial charge in [0.05, 0.1) is 5.92 Å². The van der Waals surface area contributed by atoms with Gasteiger partial charge in [-0.2, -0.15) is 5.10 Å². The normalized spacial score (nSPS) is 21.9. The molecule has 27 heavy (non-hydrogen) atoms. The highest BCUT2D eigenvalue weighted by molar-refractivity contribution is 9.10. The summed E-state index contributed by atoms with van der Waals surface area (Å²) >= 11 is 3.49. The van der Waals surface area contributed by atoms with Gasteiger partial charge in [0.1, 0.15) is 10.2 Å². The van der Waals surface area contributed by atoms with E-state index in [2.05, 4.69) is 21.0 Å². The van der Waals surface area contributed by atoms with Gasteiger partial charge in [0, 0.05) is 25.8 Å². The Labute approximate surface area is 168 Å². The molecule has 1 amide bonds. The number of rotatable bonds is 3. The standard InChI is InChI=1S/C19H28BrN3O4/c1-19(2,3)27-18(25)13-7-9-22(10-8-13)17(24)14-12-15(20)23(21-14)16-6-4-5-11-26-16/h12-13,16H,4-11H2,1-3H3. The Kier molecular flexibility index (Phi) is 6.25. The number of carbonyl (C=O) groups excluding carboxylic acids is 2. The molecule has 8 heteroatoms. The predicted octanol–water partition coefficient (Wildman–Crippen LogP) is 3.54. The number of ether oxygens (including phenoxy) is 2. The second kappa shape index (κ2) is 8.31. The molecule has 1 unspecified atom stereocenters. The molecule has 1 aromatic heterocycles. The van der Waals surface area contributed by atoms with Crippen molar-refractivity contribution in [2.45, 2.75) is 64.7 Å². The van der Waals surface area contributed by atoms with Crippen molar-refractivity contribution in [2.75, 3.05) is 19.7 Å². The average molecular weight is 442 g/mol. The molecule has 3 rings (SSSR count). The largest absolute Gasteiger partial charge is 0.460 e. The highest BCUT2D eigenvalue weighted by Gasteiger charge is 2.32. The fourth-order valence-electron chi connectivity index (χ4n) is 3.46. The van der Waals surface area contributed by atoms with E-state index in [1.54, 1.807) is 15.6 Å². The zero-order chi connectivity index (χ0) is 19.6. The number of aromatic nitrogens is 2. The molecule has 7 nitrogen and oxygen atoms in total. The van der Waals surface area contributed by atoms with Crippen molar-refractivity contribution < 1.29 is 19.1 Å². The quantitative estimate of drug-likeness (QED) is 0.670. The molecule has 0 aliphatic carbocycles. The van der Waals surface area contributed by atoms with Crippen molar-refractivity contribution in [3.8, 4) is 0 Å². The van der Waals surface area contributed by atoms with E-state index in [0.29, 0.717) is 31.6 Å². The van der Waals surface area contributed by atoms with Gasteiger partial charge in [-0.3, -0.25) is 9.59 Å². The van der Waals surface area contributed by atoms with Crippen molar-refractivity contribution in [1.82, 2.24) is 14.7 Å². The van der Waals surface area contributed by atoms with Gasteiger partial charge in [0.15, 0.2) is 11.9 Å². The fraction of sp³-hybridized carbons (Fsp3) is 0.737. The van der Waals surface area contributed by atoms with E-state index < -0.39 is 5.60 Å². The minimum Gasteiger partial charge on any atom is -0.460 e. The van der Waals surface area contributed by atoms with Gasteiger partial charge >= 0.3 is 5.97 Å². The SMILES string of the molecule is CC(C)(C)OC(=O)C1CCN(C(=O)c2cc(Br)n(C3CCCCO3)n2)CC1. The Morgan fingerprint density at radius 2 is 1.93 bits per heavy atom. The number of esters is 1. The van der Waals surface area contributed by atoms with E-state index in [1.807, 2.05) is 20.8 Å². The second-order valence-electron chi connectivity index (χ2n) is 8.22. The lowest BCUT2D eigenvalue weighted by Gasteiger charge is -2.32. The maximum atomic E-state index is 12.8. The minimum atomic E-state index is -0.482. The monoisotopic (exact) mass is 441 g/mol. The van der Waals surface area contributed by atoms with Crippen LogP contribution in [0.5, 0.6) is 0 Å². The van der Waals surface area contributed by atoms with E-state index in [1.165, 1.54) is 0 Å². The van der Waals surface area contributed by atoms with E-state index >= 15 is 0 Å². The highest BCUT2D eigenvalue weighted by Crippen LogP contribution is 2.27. The molecule has 0 spiro atoms. The van der Waals surface area contributed by atoms with Crippen LogP contribution in [0.2, 0.25) is 0 Å². The summed E-state index contributed by atoms with van der Waals surface area (Å²) in [5, 5.41) is 4.47. The van der Waals surface area contributed by atoms with Crippen molar-refractivity contribution in [1.29, 1.82) is 0 Å². The van der Waals surface area contributed by atoms with Gasteiger partial charge in [0.25, 0.3) is 5.91 Å². The Balaban J connectivity index is 1.59. The number of hydrogen-bond donors (Lipinski definition) is 0. The molecule has 0 saturated carbocycles. The maximum Gasteiger partial charge on any atom is 0.309 e. The molecule has 2 saturated heterocycles. The second-order valence-corrected chi connectivity index (χ2v) is 9.03. The van der Waals surface area contributed by atoms with Crippen molar-refractivity contribution in [3.05, 3.63) is 16.4 Å². The Bertz CT molecular complexity index is 684. The first kappa shape index (κ1) is 20.3. The van der Waals surface area contributed by atoms with Crippen LogP contribution >= 0.6 is 15.9 Å². The molecule has 0 bridgehead atoms. The lowest BCUT2D eigenvalue weighted by atomic mass is 9.96. The summed E-state index contributed by atoms with van der Waals surface area (Å²) in [6.07, 6.45) is 4.18. The van der Waals surface area contributed by atoms with Crippen LogP contribution in [0.4, 0.5) is 0 Å². The molecule has 1 aromatic rings. The van der Waals surface area contributed by atoms with Crippen LogP contribution in [0.25, 0.3) is 0 Å². The van der Waals surface area contributed by atoms with Crippen LogP contribution in [0, 0.1) is 5.92 Å². The van der Waals surface area contributed by atoms with Crippen LogP contribution in [0.1, 0.15) is 69.6 Å². The number of carbonyl (C=O) groups is 2. The topological polar surface area (TPSA) is 73.7 Å². The summed E-state index contributed by atoms with van der Waals surface area (Å²) in [6.45, 7) is 7.40. The molecule has 1 atom stereocenters. The van der Waals surface area contributed by atoms with Gasteiger partial charge in [-0.25, -0.2) is 4.68 Å². The van der Waals surface area contributed by atoms with Crippen LogP contribution in [-0.2, 0) is 14.3 Å². The van der Waals surface area contributed by atoms with Gasteiger partial charge in [-0.05, 0) is 68.8 Å². The maximum absolute atomic E-state index is 12.8. The Morgan fingerprint density at radius 1 is 1.22 bits per heavy atom. The molecule has 150 valence electrons. The third-order valence-electron chi connectivity index (χ3n) is 4.86. The van der Waals surface area contributed by atoms with Crippen LogP contribution in [0.15, 0.2) is 10.7 Å². The lowest BCUT2D eigenvalue weighted by Crippen LogP contribution is -2.42. The van der Waals surface area contributed by atoms with Gasteiger partial charge in [0.2, 0.25) is 0 Å². The molecule has 0 radical (unpaired) electrons. The third kappa shape index (κ3) is 5.10. The molecule has 2 fully saturated rings. The van der Waals surface area contributed by atoms with Gasteiger partial charge in [-0.1, -0.05) is 0 Å². The van der Waals surface area contributed by atoms with E-state index in [4.69, 9.17) is 9.47 Å². The number of halogens is 1. The molecule has 0 aromatic carbocycles. The van der Waals surface area contributed by atoms with E-state index in [0.717, 1.165) is 30.5 Å². The number of likely N-dealkylation sites (tertiary alicyclic amines) is 1. The average Bonchev–Trinajstić information content (AvgIpc) is 3.02. The molecule has 2 aliphatic rings. The highest BCUT2D eigenvalue weighted by atomic mass is 79.9. The van der Waals surface area contributed by atoms with Crippen molar-refractivity contribution in [2.24, 2.45) is 5.92 Å². The Morgan fingerprint density at radius 3 is 2.52 bits per heavy atom. The zero-order valence-electron chi connectivity index (χ0n) is 16.2. The van der Waals surface area contributed by atoms with Crippen LogP contribution in [0.3, 0.4) is 0 Å². The summed E-state index contributed by atoms with van der Waals surface area (Å²) in [6, 6.07) is 1.75. The summed E-state index contributed by atoms with van der Waals surface area (Å²) in [5.41, 5.74) is -0.0728. The van der Waals surface area contributed by atoms with Gasteiger partial charge in [-0.15, -0.1) is 0 Å². The smallest absolute Gasteiger partial charge is 0.309 e. The molecular formula is C19H28BrN3O4. The first-order chi connectivity index (χ1) is 12.7. The molecule has 2 aliphatic heterocycles. The van der Waals surface area contributed by atoms with E-state index in [-0.39, 0.29) is 24.0 Å². The van der Waals surface area contributed by atoms with E-state index in [9.17, 15) is 9.59 Å². The number of nitrogens with zero attached hydrogens (tertiary/aromatic N) is 3. The summed E-state index contributed by atoms with van der Waals surface area (Å²) in [7, 11) is 0. The molecule has 0 N–H and O–H groups in total. The van der Waals surface area contributed by atoms with Crippen LogP contribution in [-0.4, -0.2) is 51.9 Å². The number of amides is 1. The lowest BCUT2D eigenvalue weighted by molar-refractivity contribution is -0.161. The summed E-state index contributed by atoms with van der Waals surface area (Å²) in [5.74, 6) is -0.419. The summed E-state index contributed by atoms with van der Waals surface area (Å²) in [4.78, 5) is 26.8. The van der Waals surface area contributed by atoms with Crippen molar-refractivity contribution >= 4 is 27.8 Å². The third-order valence-corrected chi connectivity index (χ3v) is 5.45. The number of hydrogen-bond acceptors (Lipinski definition) is 5. The predicted molar refractivity (Wildman–Crippen MR) is 103 cm³/mol. The zero-order valence-corrected chi connectivity index (χ0v) is 17.8. The minimum absolute atomic E-state index is 0.104. The summed E-state index contributed by atoms with van der Waals surface area (Å²) < 4.78 is 13.7. The number of piperidine rings is 1.